The van der Waals surface area contributed by atoms with Gasteiger partial charge in [0.25, 0.3) is 5.95 Å². The number of aliphatic imine (C=N–C) groups is 2. The first-order valence-corrected chi connectivity index (χ1v) is 9.69. The van der Waals surface area contributed by atoms with E-state index in [2.05, 4.69) is 46.3 Å². The summed E-state index contributed by atoms with van der Waals surface area (Å²) in [5.74, 6) is 2.59. The van der Waals surface area contributed by atoms with Crippen molar-refractivity contribution in [1.82, 2.24) is 14.8 Å². The van der Waals surface area contributed by atoms with Crippen LogP contribution in [0.15, 0.2) is 58.8 Å². The fraction of sp³-hybridized carbons (Fsp3) is 0.273. The summed E-state index contributed by atoms with van der Waals surface area (Å²) in [6, 6.07) is 14.1. The third-order valence-corrected chi connectivity index (χ3v) is 4.50. The predicted molar refractivity (Wildman–Crippen MR) is 113 cm³/mol. The van der Waals surface area contributed by atoms with E-state index in [9.17, 15) is 0 Å². The van der Waals surface area contributed by atoms with Crippen molar-refractivity contribution in [2.24, 2.45) is 9.98 Å². The third-order valence-electron chi connectivity index (χ3n) is 4.50. The van der Waals surface area contributed by atoms with Crippen LogP contribution in [0.1, 0.15) is 30.5 Å². The van der Waals surface area contributed by atoms with Crippen LogP contribution in [-0.2, 0) is 6.54 Å². The minimum absolute atomic E-state index is 0.523. The Morgan fingerprint density at radius 2 is 1.72 bits per heavy atom. The van der Waals surface area contributed by atoms with E-state index in [1.54, 1.807) is 4.68 Å². The van der Waals surface area contributed by atoms with Crippen molar-refractivity contribution in [2.45, 2.75) is 27.3 Å². The molecule has 7 heteroatoms. The van der Waals surface area contributed by atoms with Crippen LogP contribution in [-0.4, -0.2) is 39.5 Å². The maximum Gasteiger partial charge on any atom is 0.254 e. The monoisotopic (exact) mass is 389 g/mol. The summed E-state index contributed by atoms with van der Waals surface area (Å²) >= 11 is 0. The van der Waals surface area contributed by atoms with Gasteiger partial charge < -0.3 is 9.47 Å². The Morgan fingerprint density at radius 3 is 2.48 bits per heavy atom. The SMILES string of the molecule is CCOc1ccc(C2=Nc3ncnn3C2=NCc2ccc(C)cc2)cc1OCC. The number of rotatable bonds is 7. The lowest BCUT2D eigenvalue weighted by atomic mass is 10.1. The van der Waals surface area contributed by atoms with Gasteiger partial charge >= 0.3 is 0 Å². The molecule has 4 rings (SSSR count). The first-order valence-electron chi connectivity index (χ1n) is 9.69. The van der Waals surface area contributed by atoms with Crippen molar-refractivity contribution in [3.05, 3.63) is 65.5 Å². The van der Waals surface area contributed by atoms with Crippen LogP contribution in [0.3, 0.4) is 0 Å². The minimum atomic E-state index is 0.523. The second-order valence-electron chi connectivity index (χ2n) is 6.59. The highest BCUT2D eigenvalue weighted by molar-refractivity contribution is 6.50. The van der Waals surface area contributed by atoms with Crippen molar-refractivity contribution in [3.63, 3.8) is 0 Å². The van der Waals surface area contributed by atoms with E-state index >= 15 is 0 Å². The number of benzene rings is 2. The van der Waals surface area contributed by atoms with Gasteiger partial charge in [-0.3, -0.25) is 4.99 Å². The molecule has 2 heterocycles. The van der Waals surface area contributed by atoms with Crippen LogP contribution < -0.4 is 9.47 Å². The molecule has 1 aliphatic rings. The van der Waals surface area contributed by atoms with E-state index in [0.717, 1.165) is 16.8 Å². The highest BCUT2D eigenvalue weighted by Crippen LogP contribution is 2.30. The fourth-order valence-electron chi connectivity index (χ4n) is 3.10. The highest BCUT2D eigenvalue weighted by atomic mass is 16.5. The average molecular weight is 389 g/mol. The predicted octanol–water partition coefficient (Wildman–Crippen LogP) is 3.97. The largest absolute Gasteiger partial charge is 0.490 e. The van der Waals surface area contributed by atoms with E-state index in [1.807, 2.05) is 32.0 Å². The summed E-state index contributed by atoms with van der Waals surface area (Å²) in [6.45, 7) is 7.62. The Hall–Kier alpha value is -3.48. The molecule has 0 fully saturated rings. The zero-order chi connectivity index (χ0) is 20.2. The molecule has 1 aromatic heterocycles. The van der Waals surface area contributed by atoms with E-state index in [0.29, 0.717) is 43.0 Å². The van der Waals surface area contributed by atoms with Gasteiger partial charge in [-0.15, -0.1) is 0 Å². The Balaban J connectivity index is 1.70. The molecular weight excluding hydrogens is 366 g/mol. The normalized spacial score (nSPS) is 14.0. The van der Waals surface area contributed by atoms with Crippen molar-refractivity contribution >= 4 is 17.5 Å². The number of nitrogens with zero attached hydrogens (tertiary/aromatic N) is 5. The second-order valence-corrected chi connectivity index (χ2v) is 6.59. The first-order chi connectivity index (χ1) is 14.2. The highest BCUT2D eigenvalue weighted by Gasteiger charge is 2.26. The molecule has 7 nitrogen and oxygen atoms in total. The first kappa shape index (κ1) is 18.9. The van der Waals surface area contributed by atoms with Gasteiger partial charge in [-0.2, -0.15) is 14.8 Å². The van der Waals surface area contributed by atoms with Crippen molar-refractivity contribution < 1.29 is 9.47 Å². The Morgan fingerprint density at radius 1 is 0.966 bits per heavy atom. The van der Waals surface area contributed by atoms with Crippen LogP contribution in [0.25, 0.3) is 0 Å². The maximum absolute atomic E-state index is 5.77. The molecule has 2 aromatic carbocycles. The summed E-state index contributed by atoms with van der Waals surface area (Å²) in [7, 11) is 0. The molecule has 0 aliphatic carbocycles. The van der Waals surface area contributed by atoms with E-state index in [1.165, 1.54) is 11.9 Å². The molecule has 0 N–H and O–H groups in total. The molecule has 0 atom stereocenters. The molecule has 0 bridgehead atoms. The van der Waals surface area contributed by atoms with Crippen LogP contribution in [0, 0.1) is 6.92 Å². The zero-order valence-corrected chi connectivity index (χ0v) is 16.8. The van der Waals surface area contributed by atoms with Crippen LogP contribution in [0.5, 0.6) is 11.5 Å². The number of hydrogen-bond acceptors (Lipinski definition) is 6. The summed E-state index contributed by atoms with van der Waals surface area (Å²) < 4.78 is 13.1. The molecule has 0 spiro atoms. The van der Waals surface area contributed by atoms with E-state index < -0.39 is 0 Å². The summed E-state index contributed by atoms with van der Waals surface area (Å²) in [5.41, 5.74) is 3.95. The smallest absolute Gasteiger partial charge is 0.254 e. The maximum atomic E-state index is 5.77. The molecule has 0 unspecified atom stereocenters. The number of aryl methyl sites for hydroxylation is 1. The molecular formula is C22H23N5O2. The number of ether oxygens (including phenoxy) is 2. The standard InChI is InChI=1S/C22H23N5O2/c1-4-28-18-11-10-17(12-19(18)29-5-2)20-21(27-22(26-20)24-14-25-27)23-13-16-8-6-15(3)7-9-16/h6-12,14H,4-5,13H2,1-3H3. The molecule has 29 heavy (non-hydrogen) atoms. The number of hydrogen-bond donors (Lipinski definition) is 0. The van der Waals surface area contributed by atoms with Crippen molar-refractivity contribution in [1.29, 1.82) is 0 Å². The topological polar surface area (TPSA) is 73.9 Å². The summed E-state index contributed by atoms with van der Waals surface area (Å²) in [4.78, 5) is 13.7. The van der Waals surface area contributed by atoms with Gasteiger partial charge in [0.15, 0.2) is 17.3 Å². The molecule has 0 amide bonds. The van der Waals surface area contributed by atoms with Crippen molar-refractivity contribution in [3.8, 4) is 11.5 Å². The number of fused-ring (bicyclic) bond motifs is 1. The van der Waals surface area contributed by atoms with Crippen LogP contribution in [0.4, 0.5) is 5.95 Å². The number of aromatic nitrogens is 3. The molecule has 1 aliphatic heterocycles. The lowest BCUT2D eigenvalue weighted by molar-refractivity contribution is 0.288. The second kappa shape index (κ2) is 8.26. The van der Waals surface area contributed by atoms with Gasteiger partial charge in [-0.1, -0.05) is 29.8 Å². The molecule has 0 saturated heterocycles. The zero-order valence-electron chi connectivity index (χ0n) is 16.8. The van der Waals surface area contributed by atoms with Crippen LogP contribution in [0.2, 0.25) is 0 Å². The molecule has 0 saturated carbocycles. The minimum Gasteiger partial charge on any atom is -0.490 e. The van der Waals surface area contributed by atoms with Gasteiger partial charge in [0.05, 0.1) is 19.8 Å². The molecule has 3 aromatic rings. The van der Waals surface area contributed by atoms with Gasteiger partial charge in [-0.05, 0) is 44.5 Å². The van der Waals surface area contributed by atoms with Gasteiger partial charge in [0.2, 0.25) is 0 Å². The molecule has 148 valence electrons. The van der Waals surface area contributed by atoms with E-state index in [-0.39, 0.29) is 0 Å². The lowest BCUT2D eigenvalue weighted by Gasteiger charge is -2.12. The van der Waals surface area contributed by atoms with Crippen LogP contribution >= 0.6 is 0 Å². The Bertz CT molecular complexity index is 1070. The fourth-order valence-corrected chi connectivity index (χ4v) is 3.10. The van der Waals surface area contributed by atoms with Gasteiger partial charge in [0.1, 0.15) is 12.0 Å². The lowest BCUT2D eigenvalue weighted by Crippen LogP contribution is -2.20. The van der Waals surface area contributed by atoms with Crippen molar-refractivity contribution in [2.75, 3.05) is 13.2 Å². The quantitative estimate of drug-likeness (QED) is 0.613. The average Bonchev–Trinajstić information content (AvgIpc) is 3.31. The Labute approximate surface area is 169 Å². The molecule has 0 radical (unpaired) electrons. The van der Waals surface area contributed by atoms with Gasteiger partial charge in [-0.25, -0.2) is 4.99 Å². The third kappa shape index (κ3) is 3.89. The summed E-state index contributed by atoms with van der Waals surface area (Å²) in [6.07, 6.45) is 1.49. The van der Waals surface area contributed by atoms with E-state index in [4.69, 9.17) is 14.5 Å². The van der Waals surface area contributed by atoms with Gasteiger partial charge in [0, 0.05) is 5.56 Å². The summed E-state index contributed by atoms with van der Waals surface area (Å²) in [5, 5.41) is 4.29. The Kier molecular flexibility index (Phi) is 5.37.